The zero-order valence-corrected chi connectivity index (χ0v) is 10.4. The Morgan fingerprint density at radius 3 is 2.63 bits per heavy atom. The van der Waals surface area contributed by atoms with Crippen LogP contribution in [-0.2, 0) is 6.61 Å². The molecule has 19 heavy (non-hydrogen) atoms. The normalized spacial score (nSPS) is 9.74. The van der Waals surface area contributed by atoms with Crippen LogP contribution in [0.25, 0.3) is 0 Å². The number of rotatable bonds is 4. The Morgan fingerprint density at radius 2 is 1.95 bits per heavy atom. The first kappa shape index (κ1) is 12.9. The molecule has 4 heteroatoms. The van der Waals surface area contributed by atoms with E-state index in [9.17, 15) is 4.39 Å². The van der Waals surface area contributed by atoms with Gasteiger partial charge in [0, 0.05) is 5.56 Å². The number of hydrogen-bond donors (Lipinski definition) is 0. The van der Waals surface area contributed by atoms with Crippen molar-refractivity contribution in [1.29, 1.82) is 5.26 Å². The van der Waals surface area contributed by atoms with Gasteiger partial charge in [-0.25, -0.2) is 4.39 Å². The lowest BCUT2D eigenvalue weighted by atomic mass is 10.1. The van der Waals surface area contributed by atoms with E-state index in [4.69, 9.17) is 14.7 Å². The van der Waals surface area contributed by atoms with Crippen LogP contribution >= 0.6 is 0 Å². The first-order chi connectivity index (χ1) is 9.24. The molecule has 0 atom stereocenters. The Balaban J connectivity index is 2.19. The molecule has 0 aromatic heterocycles. The second-order valence-corrected chi connectivity index (χ2v) is 3.86. The summed E-state index contributed by atoms with van der Waals surface area (Å²) in [6.07, 6.45) is 0. The van der Waals surface area contributed by atoms with Crippen molar-refractivity contribution in [2.75, 3.05) is 7.11 Å². The van der Waals surface area contributed by atoms with Crippen LogP contribution in [0.2, 0.25) is 0 Å². The number of halogens is 1. The van der Waals surface area contributed by atoms with Crippen LogP contribution in [0.3, 0.4) is 0 Å². The third-order valence-corrected chi connectivity index (χ3v) is 2.63. The van der Waals surface area contributed by atoms with Crippen LogP contribution in [0.4, 0.5) is 4.39 Å². The van der Waals surface area contributed by atoms with Gasteiger partial charge in [0.15, 0.2) is 11.6 Å². The molecule has 0 spiro atoms. The van der Waals surface area contributed by atoms with Crippen molar-refractivity contribution < 1.29 is 13.9 Å². The van der Waals surface area contributed by atoms with Crippen molar-refractivity contribution in [2.45, 2.75) is 6.61 Å². The monoisotopic (exact) mass is 257 g/mol. The maximum absolute atomic E-state index is 13.4. The van der Waals surface area contributed by atoms with Crippen molar-refractivity contribution in [3.05, 3.63) is 59.4 Å². The van der Waals surface area contributed by atoms with E-state index in [1.54, 1.807) is 36.4 Å². The van der Waals surface area contributed by atoms with Gasteiger partial charge in [0.25, 0.3) is 0 Å². The van der Waals surface area contributed by atoms with E-state index in [0.29, 0.717) is 16.9 Å². The zero-order chi connectivity index (χ0) is 13.7. The van der Waals surface area contributed by atoms with Crippen molar-refractivity contribution in [2.24, 2.45) is 0 Å². The summed E-state index contributed by atoms with van der Waals surface area (Å²) in [5.41, 5.74) is 1.21. The van der Waals surface area contributed by atoms with Crippen LogP contribution in [0.1, 0.15) is 11.1 Å². The summed E-state index contributed by atoms with van der Waals surface area (Å²) < 4.78 is 24.0. The fraction of sp³-hybridized carbons (Fsp3) is 0.133. The second kappa shape index (κ2) is 5.87. The zero-order valence-electron chi connectivity index (χ0n) is 10.4. The molecule has 0 aliphatic carbocycles. The number of nitrogens with zero attached hydrogens (tertiary/aromatic N) is 1. The minimum absolute atomic E-state index is 0.139. The van der Waals surface area contributed by atoms with Gasteiger partial charge in [0.05, 0.1) is 18.7 Å². The van der Waals surface area contributed by atoms with Crippen molar-refractivity contribution in [3.63, 3.8) is 0 Å². The summed E-state index contributed by atoms with van der Waals surface area (Å²) in [6.45, 7) is 0.139. The third kappa shape index (κ3) is 3.02. The predicted molar refractivity (Wildman–Crippen MR) is 68.4 cm³/mol. The van der Waals surface area contributed by atoms with Crippen molar-refractivity contribution in [3.8, 4) is 17.6 Å². The molecule has 0 amide bonds. The number of benzene rings is 2. The Hall–Kier alpha value is -2.54. The van der Waals surface area contributed by atoms with E-state index >= 15 is 0 Å². The molecule has 0 N–H and O–H groups in total. The highest BCUT2D eigenvalue weighted by Gasteiger charge is 2.07. The Bertz CT molecular complexity index is 620. The second-order valence-electron chi connectivity index (χ2n) is 3.86. The minimum Gasteiger partial charge on any atom is -0.496 e. The molecule has 3 nitrogen and oxygen atoms in total. The Morgan fingerprint density at radius 1 is 1.16 bits per heavy atom. The standard InChI is InChI=1S/C15H12FNO2/c1-18-14-7-6-11(9-17)8-12(14)10-19-15-5-3-2-4-13(15)16/h2-8H,10H2,1H3. The molecular formula is C15H12FNO2. The molecule has 0 bridgehead atoms. The summed E-state index contributed by atoms with van der Waals surface area (Å²) in [5.74, 6) is 0.361. The van der Waals surface area contributed by atoms with E-state index < -0.39 is 5.82 Å². The molecule has 96 valence electrons. The highest BCUT2D eigenvalue weighted by atomic mass is 19.1. The molecule has 2 aromatic carbocycles. The number of hydrogen-bond acceptors (Lipinski definition) is 3. The van der Waals surface area contributed by atoms with E-state index in [1.165, 1.54) is 13.2 Å². The summed E-state index contributed by atoms with van der Waals surface area (Å²) in [6, 6.07) is 13.2. The van der Waals surface area contributed by atoms with Gasteiger partial charge in [-0.1, -0.05) is 12.1 Å². The van der Waals surface area contributed by atoms with E-state index in [-0.39, 0.29) is 12.4 Å². The van der Waals surface area contributed by atoms with Gasteiger partial charge in [0.1, 0.15) is 12.4 Å². The highest BCUT2D eigenvalue weighted by Crippen LogP contribution is 2.23. The molecule has 0 fully saturated rings. The number of methoxy groups -OCH3 is 1. The molecule has 0 aliphatic rings. The fourth-order valence-electron chi connectivity index (χ4n) is 1.68. The smallest absolute Gasteiger partial charge is 0.165 e. The summed E-state index contributed by atoms with van der Waals surface area (Å²) in [7, 11) is 1.54. The van der Waals surface area contributed by atoms with Gasteiger partial charge in [-0.05, 0) is 30.3 Å². The molecule has 2 aromatic rings. The SMILES string of the molecule is COc1ccc(C#N)cc1COc1ccccc1F. The molecule has 0 heterocycles. The maximum atomic E-state index is 13.4. The maximum Gasteiger partial charge on any atom is 0.165 e. The third-order valence-electron chi connectivity index (χ3n) is 2.63. The van der Waals surface area contributed by atoms with Gasteiger partial charge in [0.2, 0.25) is 0 Å². The summed E-state index contributed by atoms with van der Waals surface area (Å²) in [4.78, 5) is 0. The summed E-state index contributed by atoms with van der Waals surface area (Å²) >= 11 is 0. The van der Waals surface area contributed by atoms with Crippen LogP contribution in [0.15, 0.2) is 42.5 Å². The van der Waals surface area contributed by atoms with Gasteiger partial charge in [-0.15, -0.1) is 0 Å². The van der Waals surface area contributed by atoms with Crippen LogP contribution in [-0.4, -0.2) is 7.11 Å². The summed E-state index contributed by atoms with van der Waals surface area (Å²) in [5, 5.41) is 8.86. The van der Waals surface area contributed by atoms with E-state index in [2.05, 4.69) is 0 Å². The molecule has 0 unspecified atom stereocenters. The lowest BCUT2D eigenvalue weighted by molar-refractivity contribution is 0.282. The topological polar surface area (TPSA) is 42.2 Å². The minimum atomic E-state index is -0.419. The molecule has 0 saturated carbocycles. The van der Waals surface area contributed by atoms with Crippen LogP contribution in [0.5, 0.6) is 11.5 Å². The first-order valence-corrected chi connectivity index (χ1v) is 5.69. The average molecular weight is 257 g/mol. The lowest BCUT2D eigenvalue weighted by Crippen LogP contribution is -2.00. The fourth-order valence-corrected chi connectivity index (χ4v) is 1.68. The Kier molecular flexibility index (Phi) is 3.99. The average Bonchev–Trinajstić information content (AvgIpc) is 2.46. The van der Waals surface area contributed by atoms with Gasteiger partial charge >= 0.3 is 0 Å². The number of ether oxygens (including phenoxy) is 2. The van der Waals surface area contributed by atoms with Gasteiger partial charge in [-0.3, -0.25) is 0 Å². The molecule has 0 radical (unpaired) electrons. The van der Waals surface area contributed by atoms with Gasteiger partial charge in [-0.2, -0.15) is 5.26 Å². The highest BCUT2D eigenvalue weighted by molar-refractivity contribution is 5.42. The van der Waals surface area contributed by atoms with E-state index in [1.807, 2.05) is 6.07 Å². The van der Waals surface area contributed by atoms with Crippen LogP contribution in [0, 0.1) is 17.1 Å². The van der Waals surface area contributed by atoms with Crippen molar-refractivity contribution >= 4 is 0 Å². The lowest BCUT2D eigenvalue weighted by Gasteiger charge is -2.11. The number of nitriles is 1. The van der Waals surface area contributed by atoms with Gasteiger partial charge < -0.3 is 9.47 Å². The largest absolute Gasteiger partial charge is 0.496 e. The van der Waals surface area contributed by atoms with Crippen molar-refractivity contribution in [1.82, 2.24) is 0 Å². The molecule has 0 aliphatic heterocycles. The predicted octanol–water partition coefficient (Wildman–Crippen LogP) is 3.28. The quantitative estimate of drug-likeness (QED) is 0.844. The number of para-hydroxylation sites is 1. The van der Waals surface area contributed by atoms with E-state index in [0.717, 1.165) is 0 Å². The molecule has 0 saturated heterocycles. The molecule has 2 rings (SSSR count). The van der Waals surface area contributed by atoms with Crippen LogP contribution < -0.4 is 9.47 Å². The Labute approximate surface area is 110 Å². The molecular weight excluding hydrogens is 245 g/mol. The first-order valence-electron chi connectivity index (χ1n) is 5.69.